The molecule has 2 atom stereocenters. The zero-order valence-electron chi connectivity index (χ0n) is 11.8. The first-order chi connectivity index (χ1) is 9.25. The Bertz CT molecular complexity index is 618. The number of rotatable bonds is 3. The molecule has 7 heteroatoms. The summed E-state index contributed by atoms with van der Waals surface area (Å²) in [6.45, 7) is 3.81. The Hall–Kier alpha value is -1.18. The number of hydrogen-bond donors (Lipinski definition) is 1. The summed E-state index contributed by atoms with van der Waals surface area (Å²) in [7, 11) is -2.49. The van der Waals surface area contributed by atoms with Gasteiger partial charge < -0.3 is 10.5 Å². The van der Waals surface area contributed by atoms with Gasteiger partial charge in [-0.05, 0) is 38.0 Å². The molecule has 1 heterocycles. The Morgan fingerprint density at radius 1 is 1.45 bits per heavy atom. The Morgan fingerprint density at radius 2 is 2.10 bits per heavy atom. The maximum Gasteiger partial charge on any atom is 0.246 e. The molecule has 112 valence electrons. The van der Waals surface area contributed by atoms with Crippen molar-refractivity contribution < 1.29 is 17.5 Å². The molecule has 0 spiro atoms. The highest BCUT2D eigenvalue weighted by Gasteiger charge is 2.36. The largest absolute Gasteiger partial charge is 0.399 e. The summed E-state index contributed by atoms with van der Waals surface area (Å²) >= 11 is 0. The zero-order chi connectivity index (χ0) is 15.1. The lowest BCUT2D eigenvalue weighted by Crippen LogP contribution is -2.41. The molecule has 5 nitrogen and oxygen atoms in total. The van der Waals surface area contributed by atoms with Crippen molar-refractivity contribution in [1.29, 1.82) is 0 Å². The van der Waals surface area contributed by atoms with Gasteiger partial charge in [0.2, 0.25) is 10.0 Å². The van der Waals surface area contributed by atoms with E-state index < -0.39 is 15.8 Å². The van der Waals surface area contributed by atoms with Crippen molar-refractivity contribution in [2.45, 2.75) is 37.3 Å². The number of nitrogens with zero attached hydrogens (tertiary/aromatic N) is 1. The van der Waals surface area contributed by atoms with Crippen LogP contribution in [0.2, 0.25) is 0 Å². The Labute approximate surface area is 118 Å². The van der Waals surface area contributed by atoms with Crippen molar-refractivity contribution in [3.63, 3.8) is 0 Å². The van der Waals surface area contributed by atoms with Gasteiger partial charge in [-0.1, -0.05) is 0 Å². The summed E-state index contributed by atoms with van der Waals surface area (Å²) in [6.07, 6.45) is 0.389. The SMILES string of the molecule is Cc1cc(N)cc(S(=O)(=O)N(C)C2CCOC2C)c1F. The molecule has 0 amide bonds. The minimum Gasteiger partial charge on any atom is -0.399 e. The van der Waals surface area contributed by atoms with Gasteiger partial charge in [-0.25, -0.2) is 12.8 Å². The molecule has 1 aliphatic rings. The average molecular weight is 302 g/mol. The third-order valence-electron chi connectivity index (χ3n) is 3.70. The summed E-state index contributed by atoms with van der Waals surface area (Å²) < 4.78 is 45.8. The maximum atomic E-state index is 14.1. The van der Waals surface area contributed by atoms with Crippen LogP contribution in [0.4, 0.5) is 10.1 Å². The van der Waals surface area contributed by atoms with E-state index >= 15 is 0 Å². The molecule has 2 N–H and O–H groups in total. The molecule has 1 saturated heterocycles. The van der Waals surface area contributed by atoms with Crippen molar-refractivity contribution in [3.8, 4) is 0 Å². The van der Waals surface area contributed by atoms with Crippen LogP contribution in [0.25, 0.3) is 0 Å². The van der Waals surface area contributed by atoms with Crippen molar-refractivity contribution in [1.82, 2.24) is 4.31 Å². The van der Waals surface area contributed by atoms with Gasteiger partial charge >= 0.3 is 0 Å². The molecule has 0 radical (unpaired) electrons. The van der Waals surface area contributed by atoms with Crippen LogP contribution >= 0.6 is 0 Å². The number of ether oxygens (including phenoxy) is 1. The summed E-state index contributed by atoms with van der Waals surface area (Å²) in [4.78, 5) is -0.378. The molecule has 20 heavy (non-hydrogen) atoms. The van der Waals surface area contributed by atoms with Crippen molar-refractivity contribution in [2.75, 3.05) is 19.4 Å². The van der Waals surface area contributed by atoms with Gasteiger partial charge in [0.15, 0.2) is 0 Å². The number of aryl methyl sites for hydroxylation is 1. The number of nitrogen functional groups attached to an aromatic ring is 1. The lowest BCUT2D eigenvalue weighted by atomic mass is 10.2. The third-order valence-corrected chi connectivity index (χ3v) is 5.59. The van der Waals surface area contributed by atoms with Gasteiger partial charge in [-0.2, -0.15) is 4.31 Å². The van der Waals surface area contributed by atoms with Gasteiger partial charge in [-0.3, -0.25) is 0 Å². The number of benzene rings is 1. The molecular weight excluding hydrogens is 283 g/mol. The first-order valence-corrected chi connectivity index (χ1v) is 7.84. The maximum absolute atomic E-state index is 14.1. The van der Waals surface area contributed by atoms with E-state index in [4.69, 9.17) is 10.5 Å². The van der Waals surface area contributed by atoms with E-state index in [1.165, 1.54) is 24.3 Å². The molecule has 0 aromatic heterocycles. The second kappa shape index (κ2) is 5.31. The first kappa shape index (κ1) is 15.2. The number of hydrogen-bond acceptors (Lipinski definition) is 4. The minimum absolute atomic E-state index is 0.208. The van der Waals surface area contributed by atoms with Gasteiger partial charge in [0.05, 0.1) is 12.1 Å². The lowest BCUT2D eigenvalue weighted by molar-refractivity contribution is 0.102. The van der Waals surface area contributed by atoms with Crippen LogP contribution in [-0.4, -0.2) is 38.5 Å². The van der Waals surface area contributed by atoms with Crippen molar-refractivity contribution in [2.24, 2.45) is 0 Å². The first-order valence-electron chi connectivity index (χ1n) is 6.40. The van der Waals surface area contributed by atoms with Gasteiger partial charge in [-0.15, -0.1) is 0 Å². The van der Waals surface area contributed by atoms with E-state index in [1.807, 2.05) is 6.92 Å². The topological polar surface area (TPSA) is 72.6 Å². The zero-order valence-corrected chi connectivity index (χ0v) is 12.6. The van der Waals surface area contributed by atoms with E-state index in [1.54, 1.807) is 0 Å². The standard InChI is InChI=1S/C13H19FN2O3S/c1-8-6-10(15)7-12(13(8)14)20(17,18)16(3)11-4-5-19-9(11)2/h6-7,9,11H,4-5,15H2,1-3H3. The van der Waals surface area contributed by atoms with Crippen LogP contribution in [0.15, 0.2) is 17.0 Å². The molecule has 0 bridgehead atoms. The summed E-state index contributed by atoms with van der Waals surface area (Å²) in [5.41, 5.74) is 6.08. The fraction of sp³-hybridized carbons (Fsp3) is 0.538. The number of sulfonamides is 1. The number of nitrogens with two attached hydrogens (primary N) is 1. The van der Waals surface area contributed by atoms with Crippen LogP contribution in [0.5, 0.6) is 0 Å². The number of anilines is 1. The van der Waals surface area contributed by atoms with E-state index in [9.17, 15) is 12.8 Å². The molecule has 0 aliphatic carbocycles. The van der Waals surface area contributed by atoms with Crippen LogP contribution in [0, 0.1) is 12.7 Å². The molecule has 1 aromatic carbocycles. The molecule has 0 saturated carbocycles. The fourth-order valence-electron chi connectivity index (χ4n) is 2.48. The Balaban J connectivity index is 2.45. The highest BCUT2D eigenvalue weighted by atomic mass is 32.2. The summed E-state index contributed by atoms with van der Waals surface area (Å²) in [5.74, 6) is -0.752. The summed E-state index contributed by atoms with van der Waals surface area (Å²) in [6, 6.07) is 2.28. The third kappa shape index (κ3) is 2.53. The second-order valence-electron chi connectivity index (χ2n) is 5.10. The van der Waals surface area contributed by atoms with Crippen LogP contribution in [0.3, 0.4) is 0 Å². The number of halogens is 1. The minimum atomic E-state index is -3.93. The number of likely N-dealkylation sites (N-methyl/N-ethyl adjacent to an activating group) is 1. The quantitative estimate of drug-likeness (QED) is 0.859. The summed E-state index contributed by atoms with van der Waals surface area (Å²) in [5, 5.41) is 0. The van der Waals surface area contributed by atoms with E-state index in [0.29, 0.717) is 13.0 Å². The lowest BCUT2D eigenvalue weighted by Gasteiger charge is -2.26. The monoisotopic (exact) mass is 302 g/mol. The fourth-order valence-corrected chi connectivity index (χ4v) is 4.10. The van der Waals surface area contributed by atoms with Crippen molar-refractivity contribution in [3.05, 3.63) is 23.5 Å². The Morgan fingerprint density at radius 3 is 2.65 bits per heavy atom. The van der Waals surface area contributed by atoms with Gasteiger partial charge in [0.1, 0.15) is 10.7 Å². The van der Waals surface area contributed by atoms with Gasteiger partial charge in [0.25, 0.3) is 0 Å². The van der Waals surface area contributed by atoms with Crippen molar-refractivity contribution >= 4 is 15.7 Å². The van der Waals surface area contributed by atoms with Crippen LogP contribution in [-0.2, 0) is 14.8 Å². The molecule has 2 unspecified atom stereocenters. The highest BCUT2D eigenvalue weighted by molar-refractivity contribution is 7.89. The highest BCUT2D eigenvalue weighted by Crippen LogP contribution is 2.28. The smallest absolute Gasteiger partial charge is 0.246 e. The van der Waals surface area contributed by atoms with E-state index in [-0.39, 0.29) is 28.3 Å². The van der Waals surface area contributed by atoms with Crippen LogP contribution < -0.4 is 5.73 Å². The molecule has 1 aromatic rings. The molecule has 1 fully saturated rings. The molecule has 1 aliphatic heterocycles. The van der Waals surface area contributed by atoms with Gasteiger partial charge in [0, 0.05) is 19.3 Å². The average Bonchev–Trinajstić information content (AvgIpc) is 2.78. The predicted molar refractivity (Wildman–Crippen MR) is 74.3 cm³/mol. The normalized spacial score (nSPS) is 23.4. The van der Waals surface area contributed by atoms with Crippen LogP contribution in [0.1, 0.15) is 18.9 Å². The Kier molecular flexibility index (Phi) is 4.04. The predicted octanol–water partition coefficient (Wildman–Crippen LogP) is 1.51. The van der Waals surface area contributed by atoms with E-state index in [0.717, 1.165) is 6.07 Å². The second-order valence-corrected chi connectivity index (χ2v) is 7.07. The van der Waals surface area contributed by atoms with E-state index in [2.05, 4.69) is 0 Å². The molecular formula is C13H19FN2O3S. The molecule has 2 rings (SSSR count).